The summed E-state index contributed by atoms with van der Waals surface area (Å²) in [6.45, 7) is 2.98. The van der Waals surface area contributed by atoms with E-state index in [4.69, 9.17) is 0 Å². The van der Waals surface area contributed by atoms with E-state index in [9.17, 15) is 4.79 Å². The quantitative estimate of drug-likeness (QED) is 0.782. The van der Waals surface area contributed by atoms with E-state index < -0.39 is 0 Å². The fourth-order valence-corrected chi connectivity index (χ4v) is 2.23. The molecule has 2 N–H and O–H groups in total. The third-order valence-electron chi connectivity index (χ3n) is 2.00. The average molecular weight is 208 g/mol. The van der Waals surface area contributed by atoms with Gasteiger partial charge in [-0.05, 0) is 25.1 Å². The molecule has 0 spiro atoms. The van der Waals surface area contributed by atoms with Gasteiger partial charge < -0.3 is 10.6 Å². The zero-order valence-corrected chi connectivity index (χ0v) is 8.78. The van der Waals surface area contributed by atoms with E-state index in [0.29, 0.717) is 5.75 Å². The molecule has 0 bridgehead atoms. The van der Waals surface area contributed by atoms with Gasteiger partial charge in [-0.3, -0.25) is 4.79 Å². The fourth-order valence-electron chi connectivity index (χ4n) is 1.39. The Bertz CT molecular complexity index is 365. The van der Waals surface area contributed by atoms with Crippen LogP contribution in [0.3, 0.4) is 0 Å². The van der Waals surface area contributed by atoms with E-state index in [1.165, 1.54) is 0 Å². The van der Waals surface area contributed by atoms with E-state index in [1.807, 2.05) is 12.1 Å². The summed E-state index contributed by atoms with van der Waals surface area (Å²) in [5.41, 5.74) is 2.03. The van der Waals surface area contributed by atoms with Gasteiger partial charge in [0.05, 0.1) is 11.4 Å². The molecule has 0 fully saturated rings. The Balaban J connectivity index is 2.26. The molecule has 1 aromatic carbocycles. The van der Waals surface area contributed by atoms with Gasteiger partial charge in [-0.25, -0.2) is 0 Å². The number of carbonyl (C=O) groups is 1. The molecule has 4 heteroatoms. The largest absolute Gasteiger partial charge is 0.385 e. The first kappa shape index (κ1) is 9.40. The Labute approximate surface area is 87.3 Å². The Morgan fingerprint density at radius 2 is 2.43 bits per heavy atom. The first-order chi connectivity index (χ1) is 6.79. The van der Waals surface area contributed by atoms with E-state index in [2.05, 4.69) is 23.6 Å². The van der Waals surface area contributed by atoms with Crippen LogP contribution in [0.25, 0.3) is 0 Å². The lowest BCUT2D eigenvalue weighted by Gasteiger charge is -2.17. The molecule has 1 heterocycles. The van der Waals surface area contributed by atoms with Crippen molar-refractivity contribution in [3.8, 4) is 0 Å². The SMILES string of the molecule is CCNc1ccc2c(c1)SCC(=O)N2. The zero-order chi connectivity index (χ0) is 9.97. The van der Waals surface area contributed by atoms with Crippen molar-refractivity contribution >= 4 is 29.0 Å². The topological polar surface area (TPSA) is 41.1 Å². The van der Waals surface area contributed by atoms with E-state index in [-0.39, 0.29) is 5.91 Å². The lowest BCUT2D eigenvalue weighted by atomic mass is 10.2. The number of carbonyl (C=O) groups excluding carboxylic acids is 1. The van der Waals surface area contributed by atoms with Gasteiger partial charge in [0.15, 0.2) is 0 Å². The van der Waals surface area contributed by atoms with Gasteiger partial charge in [0.1, 0.15) is 0 Å². The maximum atomic E-state index is 11.1. The summed E-state index contributed by atoms with van der Waals surface area (Å²) in [6.07, 6.45) is 0. The second-order valence-electron chi connectivity index (χ2n) is 3.08. The van der Waals surface area contributed by atoms with E-state index in [1.54, 1.807) is 11.8 Å². The maximum Gasteiger partial charge on any atom is 0.234 e. The number of amides is 1. The predicted octanol–water partition coefficient (Wildman–Crippen LogP) is 2.16. The Kier molecular flexibility index (Phi) is 2.63. The van der Waals surface area contributed by atoms with Crippen molar-refractivity contribution in [2.45, 2.75) is 11.8 Å². The second-order valence-corrected chi connectivity index (χ2v) is 4.10. The van der Waals surface area contributed by atoms with Gasteiger partial charge in [-0.15, -0.1) is 11.8 Å². The summed E-state index contributed by atoms with van der Waals surface area (Å²) in [4.78, 5) is 12.2. The Hall–Kier alpha value is -1.16. The highest BCUT2D eigenvalue weighted by molar-refractivity contribution is 8.00. The molecule has 3 nitrogen and oxygen atoms in total. The highest BCUT2D eigenvalue weighted by Gasteiger charge is 2.14. The van der Waals surface area contributed by atoms with Gasteiger partial charge >= 0.3 is 0 Å². The normalized spacial score (nSPS) is 14.5. The molecule has 0 aromatic heterocycles. The van der Waals surface area contributed by atoms with Crippen molar-refractivity contribution in [1.82, 2.24) is 0 Å². The van der Waals surface area contributed by atoms with Crippen LogP contribution in [0.4, 0.5) is 11.4 Å². The Morgan fingerprint density at radius 1 is 1.57 bits per heavy atom. The summed E-state index contributed by atoms with van der Waals surface area (Å²) in [6, 6.07) is 5.99. The minimum absolute atomic E-state index is 0.0821. The van der Waals surface area contributed by atoms with Crippen LogP contribution in [0.5, 0.6) is 0 Å². The van der Waals surface area contributed by atoms with Crippen molar-refractivity contribution in [2.24, 2.45) is 0 Å². The standard InChI is InChI=1S/C10H12N2OS/c1-2-11-7-3-4-8-9(5-7)14-6-10(13)12-8/h3-5,11H,2,6H2,1H3,(H,12,13). The molecule has 0 unspecified atom stereocenters. The predicted molar refractivity (Wildman–Crippen MR) is 60.0 cm³/mol. The van der Waals surface area contributed by atoms with Crippen molar-refractivity contribution in [1.29, 1.82) is 0 Å². The highest BCUT2D eigenvalue weighted by Crippen LogP contribution is 2.33. The first-order valence-electron chi connectivity index (χ1n) is 4.60. The molecule has 1 aliphatic heterocycles. The molecule has 1 aromatic rings. The molecule has 0 saturated carbocycles. The summed E-state index contributed by atoms with van der Waals surface area (Å²) in [5.74, 6) is 0.599. The molecular weight excluding hydrogens is 196 g/mol. The van der Waals surface area contributed by atoms with Crippen molar-refractivity contribution in [3.05, 3.63) is 18.2 Å². The molecule has 2 rings (SSSR count). The van der Waals surface area contributed by atoms with Crippen LogP contribution in [0.2, 0.25) is 0 Å². The Morgan fingerprint density at radius 3 is 3.21 bits per heavy atom. The molecule has 0 atom stereocenters. The molecule has 74 valence electrons. The minimum atomic E-state index is 0.0821. The van der Waals surface area contributed by atoms with Crippen molar-refractivity contribution in [3.63, 3.8) is 0 Å². The average Bonchev–Trinajstić information content (AvgIpc) is 2.19. The summed E-state index contributed by atoms with van der Waals surface area (Å²) < 4.78 is 0. The third-order valence-corrected chi connectivity index (χ3v) is 3.05. The number of fused-ring (bicyclic) bond motifs is 1. The van der Waals surface area contributed by atoms with Gasteiger partial charge in [-0.1, -0.05) is 0 Å². The number of hydrogen-bond acceptors (Lipinski definition) is 3. The van der Waals surface area contributed by atoms with Gasteiger partial charge in [0.2, 0.25) is 5.91 Å². The lowest BCUT2D eigenvalue weighted by molar-refractivity contribution is -0.113. The monoisotopic (exact) mass is 208 g/mol. The van der Waals surface area contributed by atoms with Crippen molar-refractivity contribution < 1.29 is 4.79 Å². The number of rotatable bonds is 2. The summed E-state index contributed by atoms with van der Waals surface area (Å²) in [7, 11) is 0. The van der Waals surface area contributed by atoms with E-state index >= 15 is 0 Å². The lowest BCUT2D eigenvalue weighted by Crippen LogP contribution is -2.18. The number of benzene rings is 1. The van der Waals surface area contributed by atoms with Crippen LogP contribution in [-0.2, 0) is 4.79 Å². The van der Waals surface area contributed by atoms with Crippen LogP contribution in [0, 0.1) is 0 Å². The molecule has 0 radical (unpaired) electrons. The molecule has 0 saturated heterocycles. The van der Waals surface area contributed by atoms with Crippen LogP contribution in [0.1, 0.15) is 6.92 Å². The maximum absolute atomic E-state index is 11.1. The third kappa shape index (κ3) is 1.85. The summed E-state index contributed by atoms with van der Waals surface area (Å²) in [5, 5.41) is 6.08. The van der Waals surface area contributed by atoms with E-state index in [0.717, 1.165) is 22.8 Å². The number of thioether (sulfide) groups is 1. The second kappa shape index (κ2) is 3.92. The number of hydrogen-bond donors (Lipinski definition) is 2. The summed E-state index contributed by atoms with van der Waals surface area (Å²) >= 11 is 1.58. The zero-order valence-electron chi connectivity index (χ0n) is 7.96. The van der Waals surface area contributed by atoms with Crippen LogP contribution < -0.4 is 10.6 Å². The van der Waals surface area contributed by atoms with Crippen molar-refractivity contribution in [2.75, 3.05) is 22.9 Å². The smallest absolute Gasteiger partial charge is 0.234 e. The number of nitrogens with one attached hydrogen (secondary N) is 2. The molecule has 14 heavy (non-hydrogen) atoms. The highest BCUT2D eigenvalue weighted by atomic mass is 32.2. The fraction of sp³-hybridized carbons (Fsp3) is 0.300. The van der Waals surface area contributed by atoms with Gasteiger partial charge in [0, 0.05) is 17.1 Å². The van der Waals surface area contributed by atoms with Crippen LogP contribution >= 0.6 is 11.8 Å². The first-order valence-corrected chi connectivity index (χ1v) is 5.58. The van der Waals surface area contributed by atoms with Crippen LogP contribution in [0.15, 0.2) is 23.1 Å². The molecule has 1 aliphatic rings. The minimum Gasteiger partial charge on any atom is -0.385 e. The van der Waals surface area contributed by atoms with Crippen LogP contribution in [-0.4, -0.2) is 18.2 Å². The van der Waals surface area contributed by atoms with Gasteiger partial charge in [-0.2, -0.15) is 0 Å². The molecular formula is C10H12N2OS. The number of anilines is 2. The molecule has 0 aliphatic carbocycles. The van der Waals surface area contributed by atoms with Gasteiger partial charge in [0.25, 0.3) is 0 Å². The molecule has 1 amide bonds.